The van der Waals surface area contributed by atoms with Gasteiger partial charge in [-0.25, -0.2) is 4.99 Å². The Morgan fingerprint density at radius 1 is 1.38 bits per heavy atom. The van der Waals surface area contributed by atoms with Crippen molar-refractivity contribution in [3.05, 3.63) is 42.5 Å². The Hall–Kier alpha value is -2.05. The lowest BCUT2D eigenvalue weighted by molar-refractivity contribution is 0.0345. The van der Waals surface area contributed by atoms with Gasteiger partial charge in [-0.2, -0.15) is 0 Å². The fourth-order valence-corrected chi connectivity index (χ4v) is 2.36. The number of benzene rings is 1. The SMILES string of the molecule is C=CCOc1ccccc1CN=C(NCC)NCC(O)COCC1CC1. The molecule has 2 rings (SSSR count). The monoisotopic (exact) mass is 361 g/mol. The third-order valence-electron chi connectivity index (χ3n) is 3.95. The van der Waals surface area contributed by atoms with Gasteiger partial charge in [-0.1, -0.05) is 30.9 Å². The Labute approximate surface area is 156 Å². The molecule has 3 N–H and O–H groups in total. The van der Waals surface area contributed by atoms with Crippen LogP contribution in [0.25, 0.3) is 0 Å². The van der Waals surface area contributed by atoms with Crippen molar-refractivity contribution >= 4 is 5.96 Å². The molecule has 0 aliphatic heterocycles. The van der Waals surface area contributed by atoms with E-state index in [1.807, 2.05) is 31.2 Å². The molecule has 1 fully saturated rings. The molecule has 6 nitrogen and oxygen atoms in total. The van der Waals surface area contributed by atoms with Crippen LogP contribution in [0.1, 0.15) is 25.3 Å². The van der Waals surface area contributed by atoms with Gasteiger partial charge in [-0.3, -0.25) is 0 Å². The van der Waals surface area contributed by atoms with Crippen molar-refractivity contribution in [2.45, 2.75) is 32.4 Å². The average molecular weight is 361 g/mol. The van der Waals surface area contributed by atoms with Crippen LogP contribution in [0.4, 0.5) is 0 Å². The molecule has 1 aromatic carbocycles. The second-order valence-electron chi connectivity index (χ2n) is 6.42. The first-order valence-corrected chi connectivity index (χ1v) is 9.32. The molecule has 6 heteroatoms. The molecule has 0 spiro atoms. The predicted molar refractivity (Wildman–Crippen MR) is 105 cm³/mol. The number of guanidine groups is 1. The summed E-state index contributed by atoms with van der Waals surface area (Å²) in [7, 11) is 0. The summed E-state index contributed by atoms with van der Waals surface area (Å²) in [6.45, 7) is 8.87. The van der Waals surface area contributed by atoms with E-state index in [2.05, 4.69) is 22.2 Å². The molecule has 1 aliphatic carbocycles. The van der Waals surface area contributed by atoms with Crippen LogP contribution in [0.5, 0.6) is 5.75 Å². The van der Waals surface area contributed by atoms with E-state index in [-0.39, 0.29) is 0 Å². The number of aliphatic hydroxyl groups is 1. The Balaban J connectivity index is 1.82. The Bertz CT molecular complexity index is 573. The zero-order chi connectivity index (χ0) is 18.6. The molecule has 0 aromatic heterocycles. The second-order valence-corrected chi connectivity index (χ2v) is 6.42. The lowest BCUT2D eigenvalue weighted by Crippen LogP contribution is -2.42. The van der Waals surface area contributed by atoms with Gasteiger partial charge in [0.05, 0.1) is 19.3 Å². The molecule has 0 radical (unpaired) electrons. The van der Waals surface area contributed by atoms with Crippen LogP contribution in [0.3, 0.4) is 0 Å². The highest BCUT2D eigenvalue weighted by molar-refractivity contribution is 5.79. The van der Waals surface area contributed by atoms with Gasteiger partial charge in [0.25, 0.3) is 0 Å². The van der Waals surface area contributed by atoms with Crippen LogP contribution in [0.15, 0.2) is 41.9 Å². The van der Waals surface area contributed by atoms with Crippen molar-refractivity contribution in [2.24, 2.45) is 10.9 Å². The maximum Gasteiger partial charge on any atom is 0.191 e. The normalized spacial score (nSPS) is 15.4. The first-order valence-electron chi connectivity index (χ1n) is 9.32. The minimum Gasteiger partial charge on any atom is -0.489 e. The number of nitrogens with zero attached hydrogens (tertiary/aromatic N) is 1. The lowest BCUT2D eigenvalue weighted by Gasteiger charge is -2.16. The number of hydrogen-bond donors (Lipinski definition) is 3. The molecule has 0 saturated heterocycles. The van der Waals surface area contributed by atoms with Crippen molar-refractivity contribution in [3.63, 3.8) is 0 Å². The van der Waals surface area contributed by atoms with Crippen LogP contribution >= 0.6 is 0 Å². The van der Waals surface area contributed by atoms with E-state index in [4.69, 9.17) is 9.47 Å². The van der Waals surface area contributed by atoms with Gasteiger partial charge in [0, 0.05) is 25.3 Å². The first kappa shape index (κ1) is 20.3. The van der Waals surface area contributed by atoms with Crippen molar-refractivity contribution in [1.82, 2.24) is 10.6 Å². The summed E-state index contributed by atoms with van der Waals surface area (Å²) in [5, 5.41) is 16.4. The Morgan fingerprint density at radius 2 is 2.19 bits per heavy atom. The fraction of sp³-hybridized carbons (Fsp3) is 0.550. The third-order valence-corrected chi connectivity index (χ3v) is 3.95. The highest BCUT2D eigenvalue weighted by Crippen LogP contribution is 2.28. The van der Waals surface area contributed by atoms with Crippen LogP contribution in [0.2, 0.25) is 0 Å². The molecule has 144 valence electrons. The lowest BCUT2D eigenvalue weighted by atomic mass is 10.2. The maximum absolute atomic E-state index is 10.0. The van der Waals surface area contributed by atoms with Gasteiger partial charge in [-0.15, -0.1) is 0 Å². The molecule has 1 saturated carbocycles. The van der Waals surface area contributed by atoms with Crippen LogP contribution in [-0.2, 0) is 11.3 Å². The van der Waals surface area contributed by atoms with Gasteiger partial charge < -0.3 is 25.2 Å². The summed E-state index contributed by atoms with van der Waals surface area (Å²) in [4.78, 5) is 4.58. The molecule has 0 amide bonds. The Morgan fingerprint density at radius 3 is 2.92 bits per heavy atom. The van der Waals surface area contributed by atoms with E-state index in [1.165, 1.54) is 12.8 Å². The molecule has 26 heavy (non-hydrogen) atoms. The Kier molecular flexibility index (Phi) is 9.00. The van der Waals surface area contributed by atoms with Crippen molar-refractivity contribution < 1.29 is 14.6 Å². The predicted octanol–water partition coefficient (Wildman–Crippen LogP) is 2.09. The number of para-hydroxylation sites is 1. The van der Waals surface area contributed by atoms with E-state index in [9.17, 15) is 5.11 Å². The van der Waals surface area contributed by atoms with E-state index >= 15 is 0 Å². The van der Waals surface area contributed by atoms with Gasteiger partial charge in [0.15, 0.2) is 5.96 Å². The number of aliphatic hydroxyl groups excluding tert-OH is 1. The molecule has 1 unspecified atom stereocenters. The number of rotatable bonds is 12. The first-order chi connectivity index (χ1) is 12.7. The molecular weight excluding hydrogens is 330 g/mol. The van der Waals surface area contributed by atoms with E-state index in [0.29, 0.717) is 38.2 Å². The minimum atomic E-state index is -0.555. The quantitative estimate of drug-likeness (QED) is 0.302. The van der Waals surface area contributed by atoms with E-state index < -0.39 is 6.10 Å². The number of nitrogens with one attached hydrogen (secondary N) is 2. The maximum atomic E-state index is 10.0. The summed E-state index contributed by atoms with van der Waals surface area (Å²) in [6.07, 6.45) is 3.67. The molecule has 0 bridgehead atoms. The van der Waals surface area contributed by atoms with Crippen molar-refractivity contribution in [3.8, 4) is 5.75 Å². The topological polar surface area (TPSA) is 75.1 Å². The zero-order valence-corrected chi connectivity index (χ0v) is 15.6. The number of hydrogen-bond acceptors (Lipinski definition) is 4. The summed E-state index contributed by atoms with van der Waals surface area (Å²) in [5.41, 5.74) is 1.000. The number of aliphatic imine (C=N–C) groups is 1. The molecule has 0 heterocycles. The molecule has 1 atom stereocenters. The van der Waals surface area contributed by atoms with Crippen molar-refractivity contribution in [2.75, 3.05) is 32.9 Å². The van der Waals surface area contributed by atoms with E-state index in [1.54, 1.807) is 6.08 Å². The molecule has 1 aliphatic rings. The van der Waals surface area contributed by atoms with E-state index in [0.717, 1.165) is 24.5 Å². The summed E-state index contributed by atoms with van der Waals surface area (Å²) in [5.74, 6) is 2.17. The standard InChI is InChI=1S/C20H31N3O3/c1-3-11-26-19-8-6-5-7-17(19)12-22-20(21-4-2)23-13-18(24)15-25-14-16-9-10-16/h3,5-8,16,18,24H,1,4,9-15H2,2H3,(H2,21,22,23). The van der Waals surface area contributed by atoms with Gasteiger partial charge >= 0.3 is 0 Å². The highest BCUT2D eigenvalue weighted by Gasteiger charge is 2.21. The van der Waals surface area contributed by atoms with Crippen LogP contribution < -0.4 is 15.4 Å². The van der Waals surface area contributed by atoms with Gasteiger partial charge in [-0.05, 0) is 31.7 Å². The van der Waals surface area contributed by atoms with Gasteiger partial charge in [0.1, 0.15) is 12.4 Å². The fourth-order valence-electron chi connectivity index (χ4n) is 2.36. The summed E-state index contributed by atoms with van der Waals surface area (Å²) < 4.78 is 11.2. The smallest absolute Gasteiger partial charge is 0.191 e. The molecular formula is C20H31N3O3. The average Bonchev–Trinajstić information content (AvgIpc) is 3.47. The molecule has 1 aromatic rings. The highest BCUT2D eigenvalue weighted by atomic mass is 16.5. The summed E-state index contributed by atoms with van der Waals surface area (Å²) >= 11 is 0. The van der Waals surface area contributed by atoms with Gasteiger partial charge in [0.2, 0.25) is 0 Å². The van der Waals surface area contributed by atoms with Crippen LogP contribution in [-0.4, -0.2) is 50.1 Å². The minimum absolute atomic E-state index is 0.348. The van der Waals surface area contributed by atoms with Crippen LogP contribution in [0, 0.1) is 5.92 Å². The summed E-state index contributed by atoms with van der Waals surface area (Å²) in [6, 6.07) is 7.82. The zero-order valence-electron chi connectivity index (χ0n) is 15.6. The second kappa shape index (κ2) is 11.5. The van der Waals surface area contributed by atoms with Crippen molar-refractivity contribution in [1.29, 1.82) is 0 Å². The third kappa shape index (κ3) is 7.89. The number of ether oxygens (including phenoxy) is 2. The largest absolute Gasteiger partial charge is 0.489 e.